The van der Waals surface area contributed by atoms with Crippen LogP contribution in [0.25, 0.3) is 0 Å². The summed E-state index contributed by atoms with van der Waals surface area (Å²) in [5, 5.41) is 0. The van der Waals surface area contributed by atoms with Crippen molar-refractivity contribution in [3.8, 4) is 0 Å². The SMILES string of the molecule is CCCCOCCOC(F)(F)COS(=O)(=O)C(F)(F)F. The van der Waals surface area contributed by atoms with Gasteiger partial charge in [0.25, 0.3) is 0 Å². The van der Waals surface area contributed by atoms with Crippen LogP contribution < -0.4 is 0 Å². The van der Waals surface area contributed by atoms with Crippen LogP contribution in [0.5, 0.6) is 0 Å². The van der Waals surface area contributed by atoms with Gasteiger partial charge in [-0.25, -0.2) is 0 Å². The summed E-state index contributed by atoms with van der Waals surface area (Å²) in [6.07, 6.45) is -2.59. The van der Waals surface area contributed by atoms with Crippen molar-refractivity contribution in [1.82, 2.24) is 0 Å². The van der Waals surface area contributed by atoms with Crippen LogP contribution in [0, 0.1) is 0 Å². The second-order valence-corrected chi connectivity index (χ2v) is 5.22. The molecular formula is C9H15F5O5S. The van der Waals surface area contributed by atoms with E-state index in [1.165, 1.54) is 0 Å². The first kappa shape index (κ1) is 19.5. The van der Waals surface area contributed by atoms with Gasteiger partial charge in [0.1, 0.15) is 0 Å². The minimum absolute atomic E-state index is 0.193. The van der Waals surface area contributed by atoms with E-state index >= 15 is 0 Å². The number of hydrogen-bond acceptors (Lipinski definition) is 5. The molecule has 0 aromatic carbocycles. The number of halogens is 5. The minimum atomic E-state index is -6.06. The molecule has 0 aliphatic rings. The molecule has 0 saturated carbocycles. The van der Waals surface area contributed by atoms with Gasteiger partial charge < -0.3 is 9.47 Å². The molecule has 122 valence electrons. The highest BCUT2D eigenvalue weighted by molar-refractivity contribution is 7.87. The van der Waals surface area contributed by atoms with Crippen LogP contribution in [0.2, 0.25) is 0 Å². The Kier molecular flexibility index (Phi) is 7.84. The van der Waals surface area contributed by atoms with E-state index < -0.39 is 34.9 Å². The predicted octanol–water partition coefficient (Wildman–Crippen LogP) is 2.28. The molecule has 5 nitrogen and oxygen atoms in total. The predicted molar refractivity (Wildman–Crippen MR) is 57.6 cm³/mol. The highest BCUT2D eigenvalue weighted by Gasteiger charge is 2.49. The molecular weight excluding hydrogens is 315 g/mol. The topological polar surface area (TPSA) is 61.8 Å². The largest absolute Gasteiger partial charge is 0.523 e. The van der Waals surface area contributed by atoms with E-state index in [4.69, 9.17) is 4.74 Å². The molecule has 0 atom stereocenters. The van der Waals surface area contributed by atoms with Crippen LogP contribution in [-0.2, 0) is 23.8 Å². The van der Waals surface area contributed by atoms with E-state index in [0.29, 0.717) is 6.61 Å². The van der Waals surface area contributed by atoms with Crippen molar-refractivity contribution in [2.24, 2.45) is 0 Å². The van der Waals surface area contributed by atoms with Crippen LogP contribution in [0.1, 0.15) is 19.8 Å². The number of rotatable bonds is 10. The maximum Gasteiger partial charge on any atom is 0.523 e. The van der Waals surface area contributed by atoms with Crippen LogP contribution in [0.15, 0.2) is 0 Å². The first-order valence-electron chi connectivity index (χ1n) is 5.57. The lowest BCUT2D eigenvalue weighted by Gasteiger charge is -2.17. The molecule has 0 fully saturated rings. The first-order valence-corrected chi connectivity index (χ1v) is 6.98. The third-order valence-electron chi connectivity index (χ3n) is 1.85. The number of ether oxygens (including phenoxy) is 2. The van der Waals surface area contributed by atoms with Gasteiger partial charge in [-0.1, -0.05) is 13.3 Å². The van der Waals surface area contributed by atoms with Crippen molar-refractivity contribution in [3.05, 3.63) is 0 Å². The van der Waals surface area contributed by atoms with Gasteiger partial charge in [0.05, 0.1) is 13.2 Å². The fraction of sp³-hybridized carbons (Fsp3) is 1.00. The molecule has 0 aliphatic heterocycles. The molecule has 20 heavy (non-hydrogen) atoms. The molecule has 0 aliphatic carbocycles. The molecule has 0 saturated heterocycles. The summed E-state index contributed by atoms with van der Waals surface area (Å²) in [5.74, 6) is 0. The Morgan fingerprint density at radius 1 is 1.00 bits per heavy atom. The molecule has 0 heterocycles. The third kappa shape index (κ3) is 7.92. The van der Waals surface area contributed by atoms with Gasteiger partial charge >= 0.3 is 21.7 Å². The molecule has 0 aromatic heterocycles. The summed E-state index contributed by atoms with van der Waals surface area (Å²) in [6.45, 7) is -0.617. The van der Waals surface area contributed by atoms with Gasteiger partial charge in [0, 0.05) is 6.61 Å². The Morgan fingerprint density at radius 2 is 1.60 bits per heavy atom. The van der Waals surface area contributed by atoms with Crippen LogP contribution in [0.4, 0.5) is 22.0 Å². The van der Waals surface area contributed by atoms with Gasteiger partial charge in [0.2, 0.25) is 0 Å². The molecule has 0 aromatic rings. The van der Waals surface area contributed by atoms with Gasteiger partial charge in [-0.15, -0.1) is 0 Å². The van der Waals surface area contributed by atoms with E-state index in [-0.39, 0.29) is 6.61 Å². The normalized spacial score (nSPS) is 13.7. The molecule has 0 rings (SSSR count). The van der Waals surface area contributed by atoms with Crippen LogP contribution in [-0.4, -0.2) is 46.5 Å². The Labute approximate surface area is 113 Å². The number of hydrogen-bond donors (Lipinski definition) is 0. The molecule has 0 N–H and O–H groups in total. The molecule has 0 radical (unpaired) electrons. The van der Waals surface area contributed by atoms with E-state index in [9.17, 15) is 30.4 Å². The Balaban J connectivity index is 4.02. The standard InChI is InChI=1S/C9H15F5O5S/c1-2-3-4-17-5-6-18-8(10,11)7-19-20(15,16)9(12,13)14/h2-7H2,1H3. The summed E-state index contributed by atoms with van der Waals surface area (Å²) < 4.78 is 93.9. The summed E-state index contributed by atoms with van der Waals surface area (Å²) in [4.78, 5) is 0. The quantitative estimate of drug-likeness (QED) is 0.266. The van der Waals surface area contributed by atoms with E-state index in [0.717, 1.165) is 12.8 Å². The van der Waals surface area contributed by atoms with Crippen molar-refractivity contribution < 1.29 is 44.0 Å². The fourth-order valence-electron chi connectivity index (χ4n) is 0.853. The molecule has 0 bridgehead atoms. The third-order valence-corrected chi connectivity index (χ3v) is 2.84. The zero-order valence-corrected chi connectivity index (χ0v) is 11.4. The molecule has 11 heteroatoms. The second-order valence-electron chi connectivity index (χ2n) is 3.61. The molecule has 0 spiro atoms. The summed E-state index contributed by atoms with van der Waals surface area (Å²) in [6, 6.07) is 0. The summed E-state index contributed by atoms with van der Waals surface area (Å²) >= 11 is 0. The smallest absolute Gasteiger partial charge is 0.379 e. The van der Waals surface area contributed by atoms with Crippen LogP contribution in [0.3, 0.4) is 0 Å². The average Bonchev–Trinajstić information content (AvgIpc) is 2.30. The van der Waals surface area contributed by atoms with E-state index in [2.05, 4.69) is 8.92 Å². The first-order chi connectivity index (χ1) is 9.02. The molecule has 0 unspecified atom stereocenters. The highest BCUT2D eigenvalue weighted by atomic mass is 32.2. The van der Waals surface area contributed by atoms with Crippen molar-refractivity contribution in [2.45, 2.75) is 31.4 Å². The average molecular weight is 330 g/mol. The van der Waals surface area contributed by atoms with Crippen LogP contribution >= 0.6 is 0 Å². The zero-order valence-electron chi connectivity index (χ0n) is 10.6. The lowest BCUT2D eigenvalue weighted by atomic mass is 10.4. The maximum absolute atomic E-state index is 12.9. The number of unbranched alkanes of at least 4 members (excludes halogenated alkanes) is 1. The van der Waals surface area contributed by atoms with Crippen molar-refractivity contribution >= 4 is 10.1 Å². The second kappa shape index (κ2) is 8.05. The monoisotopic (exact) mass is 330 g/mol. The Morgan fingerprint density at radius 3 is 2.10 bits per heavy atom. The summed E-state index contributed by atoms with van der Waals surface area (Å²) in [7, 11) is -6.06. The number of alkyl halides is 5. The van der Waals surface area contributed by atoms with E-state index in [1.54, 1.807) is 0 Å². The van der Waals surface area contributed by atoms with Crippen molar-refractivity contribution in [3.63, 3.8) is 0 Å². The van der Waals surface area contributed by atoms with Gasteiger partial charge in [0.15, 0.2) is 6.61 Å². The maximum atomic E-state index is 12.9. The van der Waals surface area contributed by atoms with Gasteiger partial charge in [-0.3, -0.25) is 4.18 Å². The lowest BCUT2D eigenvalue weighted by molar-refractivity contribution is -0.257. The van der Waals surface area contributed by atoms with Gasteiger partial charge in [-0.05, 0) is 6.42 Å². The Hall–Kier alpha value is -0.520. The van der Waals surface area contributed by atoms with E-state index in [1.807, 2.05) is 6.92 Å². The van der Waals surface area contributed by atoms with Crippen molar-refractivity contribution in [2.75, 3.05) is 26.4 Å². The van der Waals surface area contributed by atoms with Crippen molar-refractivity contribution in [1.29, 1.82) is 0 Å². The lowest BCUT2D eigenvalue weighted by Crippen LogP contribution is -2.34. The summed E-state index contributed by atoms with van der Waals surface area (Å²) in [5.41, 5.74) is -5.76. The Bertz CT molecular complexity index is 367. The fourth-order valence-corrected chi connectivity index (χ4v) is 1.28. The minimum Gasteiger partial charge on any atom is -0.379 e. The van der Waals surface area contributed by atoms with Gasteiger partial charge in [-0.2, -0.15) is 30.4 Å². The highest BCUT2D eigenvalue weighted by Crippen LogP contribution is 2.26. The molecule has 0 amide bonds. The zero-order chi connectivity index (χ0) is 15.9.